The van der Waals surface area contributed by atoms with E-state index in [1.807, 2.05) is 13.8 Å². The van der Waals surface area contributed by atoms with Crippen molar-refractivity contribution in [3.63, 3.8) is 0 Å². The fourth-order valence-corrected chi connectivity index (χ4v) is 5.35. The van der Waals surface area contributed by atoms with Crippen molar-refractivity contribution in [2.45, 2.75) is 65.3 Å². The zero-order chi connectivity index (χ0) is 29.0. The normalized spacial score (nSPS) is 23.7. The number of rotatable bonds is 7. The van der Waals surface area contributed by atoms with Gasteiger partial charge in [-0.1, -0.05) is 40.7 Å². The van der Waals surface area contributed by atoms with E-state index in [0.717, 1.165) is 0 Å². The second kappa shape index (κ2) is 9.73. The van der Waals surface area contributed by atoms with Crippen molar-refractivity contribution in [2.24, 2.45) is 35.4 Å². The Balaban J connectivity index is 1.88. The number of halogens is 3. The molecular weight excluding hydrogens is 507 g/mol. The van der Waals surface area contributed by atoms with Gasteiger partial charge in [-0.3, -0.25) is 24.0 Å². The van der Waals surface area contributed by atoms with Crippen molar-refractivity contribution in [1.29, 1.82) is 0 Å². The molecule has 4 N–H and O–H groups in total. The lowest BCUT2D eigenvalue weighted by Crippen LogP contribution is -2.61. The van der Waals surface area contributed by atoms with E-state index < -0.39 is 53.3 Å². The van der Waals surface area contributed by atoms with Gasteiger partial charge in [0.2, 0.25) is 17.7 Å². The number of carbonyl (C=O) groups is 4. The van der Waals surface area contributed by atoms with E-state index in [1.54, 1.807) is 11.4 Å². The average Bonchev–Trinajstić information content (AvgIpc) is 3.12. The largest absolute Gasteiger partial charge is 0.471 e. The van der Waals surface area contributed by atoms with Gasteiger partial charge in [-0.05, 0) is 28.7 Å². The average molecular weight is 542 g/mol. The van der Waals surface area contributed by atoms with Crippen LogP contribution in [0, 0.1) is 22.7 Å². The first-order chi connectivity index (χ1) is 17.3. The van der Waals surface area contributed by atoms with Gasteiger partial charge >= 0.3 is 12.1 Å². The van der Waals surface area contributed by atoms with Crippen molar-refractivity contribution < 1.29 is 32.3 Å². The fraction of sp³-hybridized carbons (Fsp3) is 0.640. The molecule has 13 heteroatoms. The van der Waals surface area contributed by atoms with Crippen LogP contribution in [0.2, 0.25) is 0 Å². The third-order valence-corrected chi connectivity index (χ3v) is 7.69. The minimum Gasteiger partial charge on any atom is -0.368 e. The number of primary amides is 1. The summed E-state index contributed by atoms with van der Waals surface area (Å²) in [6, 6.07) is -0.818. The van der Waals surface area contributed by atoms with Crippen LogP contribution < -0.4 is 21.9 Å². The van der Waals surface area contributed by atoms with E-state index in [-0.39, 0.29) is 41.3 Å². The zero-order valence-electron chi connectivity index (χ0n) is 22.2. The first-order valence-corrected chi connectivity index (χ1v) is 12.2. The highest BCUT2D eigenvalue weighted by Gasteiger charge is 2.70. The molecule has 1 saturated heterocycles. The highest BCUT2D eigenvalue weighted by molar-refractivity contribution is 5.96. The van der Waals surface area contributed by atoms with Crippen molar-refractivity contribution in [3.05, 3.63) is 34.2 Å². The Morgan fingerprint density at radius 2 is 1.76 bits per heavy atom. The number of pyridine rings is 1. The SMILES string of the molecule is Cn1cccc(CC(NC(=O)[C@@H]2[C@@H]3[C@H](CN2C(=O)[C@@H](NC(=O)C(F)(F)F)C(C)(C)C)C3(C)C)C(N)=O)c1=O. The van der Waals surface area contributed by atoms with Gasteiger partial charge in [0.05, 0.1) is 0 Å². The molecule has 10 nitrogen and oxygen atoms in total. The van der Waals surface area contributed by atoms with Crippen LogP contribution >= 0.6 is 0 Å². The highest BCUT2D eigenvalue weighted by Crippen LogP contribution is 2.65. The van der Waals surface area contributed by atoms with E-state index >= 15 is 0 Å². The van der Waals surface area contributed by atoms with Crippen LogP contribution in [0.4, 0.5) is 13.2 Å². The maximum atomic E-state index is 13.6. The van der Waals surface area contributed by atoms with Crippen LogP contribution in [-0.2, 0) is 32.6 Å². The molecule has 1 unspecified atom stereocenters. The Hall–Kier alpha value is -3.38. The molecule has 2 aliphatic rings. The summed E-state index contributed by atoms with van der Waals surface area (Å²) in [6.07, 6.45) is -3.85. The van der Waals surface area contributed by atoms with Crippen LogP contribution in [0.5, 0.6) is 0 Å². The van der Waals surface area contributed by atoms with E-state index in [0.29, 0.717) is 0 Å². The van der Waals surface area contributed by atoms with Crippen LogP contribution in [0.25, 0.3) is 0 Å². The molecule has 5 atom stereocenters. The lowest BCUT2D eigenvalue weighted by molar-refractivity contribution is -0.176. The third-order valence-electron chi connectivity index (χ3n) is 7.69. The Morgan fingerprint density at radius 3 is 2.29 bits per heavy atom. The highest BCUT2D eigenvalue weighted by atomic mass is 19.4. The molecule has 1 saturated carbocycles. The Bertz CT molecular complexity index is 1200. The van der Waals surface area contributed by atoms with Crippen LogP contribution in [-0.4, -0.2) is 63.9 Å². The minimum atomic E-state index is -5.20. The number of hydrogen-bond donors (Lipinski definition) is 3. The molecule has 3 rings (SSSR count). The molecule has 210 valence electrons. The summed E-state index contributed by atoms with van der Waals surface area (Å²) in [5.41, 5.74) is 3.95. The van der Waals surface area contributed by atoms with E-state index in [4.69, 9.17) is 5.73 Å². The molecule has 2 fully saturated rings. The first-order valence-electron chi connectivity index (χ1n) is 12.2. The molecule has 0 spiro atoms. The summed E-state index contributed by atoms with van der Waals surface area (Å²) in [7, 11) is 1.53. The number of amides is 4. The summed E-state index contributed by atoms with van der Waals surface area (Å²) < 4.78 is 40.3. The summed E-state index contributed by atoms with van der Waals surface area (Å²) >= 11 is 0. The van der Waals surface area contributed by atoms with E-state index in [1.165, 1.54) is 49.5 Å². The van der Waals surface area contributed by atoms with Crippen LogP contribution in [0.3, 0.4) is 0 Å². The Kier molecular flexibility index (Phi) is 7.48. The zero-order valence-corrected chi connectivity index (χ0v) is 22.2. The molecule has 0 bridgehead atoms. The van der Waals surface area contributed by atoms with Crippen LogP contribution in [0.1, 0.15) is 40.2 Å². The van der Waals surface area contributed by atoms with Crippen molar-refractivity contribution >= 4 is 23.6 Å². The lowest BCUT2D eigenvalue weighted by Gasteiger charge is -2.38. The van der Waals surface area contributed by atoms with Crippen molar-refractivity contribution in [1.82, 2.24) is 20.1 Å². The molecule has 38 heavy (non-hydrogen) atoms. The van der Waals surface area contributed by atoms with Gasteiger partial charge in [0.25, 0.3) is 5.56 Å². The molecule has 1 aliphatic carbocycles. The number of piperidine rings is 1. The standard InChI is InChI=1S/C25H34F3N5O5/c1-23(2,3)17(31-22(38)25(26,27)28)21(37)33-11-13-15(24(13,4)5)16(33)19(35)30-14(18(29)34)10-12-8-7-9-32(6)20(12)36/h7-9,13-17H,10-11H2,1-6H3,(H2,29,34)(H,30,35)(H,31,38)/t13-,14?,15-,16-,17+/m0/s1. The summed E-state index contributed by atoms with van der Waals surface area (Å²) in [6.45, 7) is 8.44. The monoisotopic (exact) mass is 541 g/mol. The van der Waals surface area contributed by atoms with Gasteiger partial charge < -0.3 is 25.8 Å². The topological polar surface area (TPSA) is 144 Å². The first kappa shape index (κ1) is 29.2. The van der Waals surface area contributed by atoms with Gasteiger partial charge in [-0.25, -0.2) is 0 Å². The summed E-state index contributed by atoms with van der Waals surface area (Å²) in [5, 5.41) is 4.34. The number of fused-ring (bicyclic) bond motifs is 1. The molecule has 2 heterocycles. The predicted molar refractivity (Wildman–Crippen MR) is 130 cm³/mol. The Morgan fingerprint density at radius 1 is 1.16 bits per heavy atom. The summed E-state index contributed by atoms with van der Waals surface area (Å²) in [4.78, 5) is 64.6. The molecule has 4 amide bonds. The molecule has 1 aliphatic heterocycles. The second-order valence-electron chi connectivity index (χ2n) is 11.8. The number of likely N-dealkylation sites (tertiary alicyclic amines) is 1. The fourth-order valence-electron chi connectivity index (χ4n) is 5.35. The second-order valence-corrected chi connectivity index (χ2v) is 11.8. The lowest BCUT2D eigenvalue weighted by atomic mass is 9.85. The minimum absolute atomic E-state index is 0.101. The van der Waals surface area contributed by atoms with Crippen molar-refractivity contribution in [2.75, 3.05) is 6.54 Å². The Labute approximate surface area is 218 Å². The van der Waals surface area contributed by atoms with Crippen molar-refractivity contribution in [3.8, 4) is 0 Å². The quantitative estimate of drug-likeness (QED) is 0.460. The number of nitrogens with two attached hydrogens (primary N) is 1. The number of aromatic nitrogens is 1. The summed E-state index contributed by atoms with van der Waals surface area (Å²) in [5.74, 6) is -5.10. The molecule has 1 aromatic heterocycles. The maximum Gasteiger partial charge on any atom is 0.471 e. The number of hydrogen-bond acceptors (Lipinski definition) is 5. The predicted octanol–water partition coefficient (Wildman–Crippen LogP) is 0.474. The van der Waals surface area contributed by atoms with Gasteiger partial charge in [0.15, 0.2) is 0 Å². The van der Waals surface area contributed by atoms with Crippen LogP contribution in [0.15, 0.2) is 23.1 Å². The smallest absolute Gasteiger partial charge is 0.368 e. The van der Waals surface area contributed by atoms with Gasteiger partial charge in [-0.2, -0.15) is 13.2 Å². The number of nitrogens with zero attached hydrogens (tertiary/aromatic N) is 2. The number of nitrogens with one attached hydrogen (secondary N) is 2. The molecule has 1 aromatic rings. The molecule has 0 radical (unpaired) electrons. The third kappa shape index (κ3) is 5.56. The van der Waals surface area contributed by atoms with Gasteiger partial charge in [-0.15, -0.1) is 0 Å². The molecule has 0 aromatic carbocycles. The number of aryl methyl sites for hydroxylation is 1. The number of alkyl halides is 3. The van der Waals surface area contributed by atoms with E-state index in [2.05, 4.69) is 5.32 Å². The maximum absolute atomic E-state index is 13.6. The van der Waals surface area contributed by atoms with E-state index in [9.17, 15) is 37.1 Å². The van der Waals surface area contributed by atoms with Gasteiger partial charge in [0.1, 0.15) is 18.1 Å². The molecular formula is C25H34F3N5O5. The number of carbonyl (C=O) groups excluding carboxylic acids is 4. The van der Waals surface area contributed by atoms with Gasteiger partial charge in [0, 0.05) is 31.8 Å².